The predicted octanol–water partition coefficient (Wildman–Crippen LogP) is 3.96. The number of urea groups is 1. The average Bonchev–Trinajstić information content (AvgIpc) is 3.16. The number of hydrogen-bond donors (Lipinski definition) is 1. The lowest BCUT2D eigenvalue weighted by Gasteiger charge is -2.26. The maximum atomic E-state index is 13.8. The Bertz CT molecular complexity index is 782. The van der Waals surface area contributed by atoms with Gasteiger partial charge in [-0.2, -0.15) is 0 Å². The molecule has 1 fully saturated rings. The second-order valence-electron chi connectivity index (χ2n) is 6.43. The summed E-state index contributed by atoms with van der Waals surface area (Å²) >= 11 is 0. The predicted molar refractivity (Wildman–Crippen MR) is 103 cm³/mol. The summed E-state index contributed by atoms with van der Waals surface area (Å²) in [6, 6.07) is 9.68. The number of likely N-dealkylation sites (tertiary alicyclic amines) is 1. The van der Waals surface area contributed by atoms with Crippen molar-refractivity contribution in [3.05, 3.63) is 48.4 Å². The number of halogens is 1. The van der Waals surface area contributed by atoms with Crippen molar-refractivity contribution in [3.8, 4) is 11.6 Å². The van der Waals surface area contributed by atoms with Crippen molar-refractivity contribution in [2.24, 2.45) is 0 Å². The number of carbonyl (C=O) groups excluding carboxylic acids is 1. The number of likely N-dealkylation sites (N-methyl/N-ethyl adjacent to an activating group) is 1. The summed E-state index contributed by atoms with van der Waals surface area (Å²) in [5.74, 6) is -0.257. The number of benzene rings is 1. The fourth-order valence-corrected chi connectivity index (χ4v) is 3.36. The number of para-hydroxylation sites is 1. The van der Waals surface area contributed by atoms with Crippen molar-refractivity contribution in [3.63, 3.8) is 0 Å². The second kappa shape index (κ2) is 8.81. The first-order chi connectivity index (χ1) is 13.1. The van der Waals surface area contributed by atoms with E-state index in [1.165, 1.54) is 18.3 Å². The highest BCUT2D eigenvalue weighted by Gasteiger charge is 2.29. The molecule has 6 nitrogen and oxygen atoms in total. The summed E-state index contributed by atoms with van der Waals surface area (Å²) in [6.07, 6.45) is 2.50. The van der Waals surface area contributed by atoms with Crippen LogP contribution in [0.25, 0.3) is 0 Å². The van der Waals surface area contributed by atoms with E-state index in [9.17, 15) is 9.18 Å². The number of hydrogen-bond acceptors (Lipinski definition) is 4. The molecule has 0 spiro atoms. The average molecular weight is 372 g/mol. The van der Waals surface area contributed by atoms with Gasteiger partial charge in [0.1, 0.15) is 5.69 Å². The van der Waals surface area contributed by atoms with Crippen LogP contribution in [0.4, 0.5) is 14.9 Å². The van der Waals surface area contributed by atoms with Gasteiger partial charge in [-0.1, -0.05) is 26.0 Å². The van der Waals surface area contributed by atoms with Crippen LogP contribution < -0.4 is 10.1 Å². The van der Waals surface area contributed by atoms with Crippen molar-refractivity contribution in [2.75, 3.05) is 31.5 Å². The normalized spacial score (nSPS) is 16.6. The number of carbonyl (C=O) groups is 1. The molecule has 0 bridgehead atoms. The number of anilines is 1. The molecular formula is C20H25FN4O2. The molecule has 0 saturated carbocycles. The third-order valence-corrected chi connectivity index (χ3v) is 4.84. The van der Waals surface area contributed by atoms with Gasteiger partial charge in [-0.3, -0.25) is 4.90 Å². The van der Waals surface area contributed by atoms with E-state index in [1.54, 1.807) is 29.2 Å². The molecule has 1 aromatic carbocycles. The zero-order chi connectivity index (χ0) is 19.2. The van der Waals surface area contributed by atoms with Gasteiger partial charge in [-0.25, -0.2) is 14.2 Å². The van der Waals surface area contributed by atoms with Crippen molar-refractivity contribution in [1.82, 2.24) is 14.8 Å². The van der Waals surface area contributed by atoms with Gasteiger partial charge in [0.2, 0.25) is 5.88 Å². The molecule has 1 aliphatic heterocycles. The summed E-state index contributed by atoms with van der Waals surface area (Å²) in [5.41, 5.74) is 0.414. The van der Waals surface area contributed by atoms with Gasteiger partial charge in [0, 0.05) is 25.3 Å². The Labute approximate surface area is 158 Å². The smallest absolute Gasteiger partial charge is 0.322 e. The summed E-state index contributed by atoms with van der Waals surface area (Å²) in [7, 11) is 0. The Morgan fingerprint density at radius 1 is 1.30 bits per heavy atom. The topological polar surface area (TPSA) is 57.7 Å². The van der Waals surface area contributed by atoms with E-state index in [-0.39, 0.29) is 17.7 Å². The summed E-state index contributed by atoms with van der Waals surface area (Å²) in [6.45, 7) is 7.61. The van der Waals surface area contributed by atoms with Crippen LogP contribution in [0.3, 0.4) is 0 Å². The van der Waals surface area contributed by atoms with Crippen LogP contribution in [0.15, 0.2) is 42.6 Å². The molecule has 0 unspecified atom stereocenters. The number of nitrogens with one attached hydrogen (secondary N) is 1. The molecule has 2 aromatic rings. The van der Waals surface area contributed by atoms with Gasteiger partial charge in [-0.15, -0.1) is 0 Å². The Balaban J connectivity index is 1.68. The Hall–Kier alpha value is -2.67. The SMILES string of the molecule is CCN(CC)[C@@H]1CCN(C(=O)Nc2cccnc2Oc2ccccc2F)C1. The molecule has 0 radical (unpaired) electrons. The van der Waals surface area contributed by atoms with E-state index >= 15 is 0 Å². The van der Waals surface area contributed by atoms with Crippen LogP contribution in [0, 0.1) is 5.82 Å². The quantitative estimate of drug-likeness (QED) is 0.834. The first-order valence-corrected chi connectivity index (χ1v) is 9.29. The third-order valence-electron chi connectivity index (χ3n) is 4.84. The molecule has 144 valence electrons. The highest BCUT2D eigenvalue weighted by atomic mass is 19.1. The molecule has 1 aliphatic rings. The number of aromatic nitrogens is 1. The van der Waals surface area contributed by atoms with Gasteiger partial charge in [0.15, 0.2) is 11.6 Å². The van der Waals surface area contributed by atoms with Crippen LogP contribution in [0.2, 0.25) is 0 Å². The largest absolute Gasteiger partial charge is 0.434 e. The maximum absolute atomic E-state index is 13.8. The lowest BCUT2D eigenvalue weighted by Crippen LogP contribution is -2.39. The molecule has 27 heavy (non-hydrogen) atoms. The first kappa shape index (κ1) is 19.1. The summed E-state index contributed by atoms with van der Waals surface area (Å²) in [5, 5.41) is 2.85. The van der Waals surface area contributed by atoms with Crippen molar-refractivity contribution in [2.45, 2.75) is 26.3 Å². The highest BCUT2D eigenvalue weighted by molar-refractivity contribution is 5.90. The minimum absolute atomic E-state index is 0.0643. The van der Waals surface area contributed by atoms with Gasteiger partial charge < -0.3 is 15.0 Å². The van der Waals surface area contributed by atoms with Gasteiger partial charge >= 0.3 is 6.03 Å². The van der Waals surface area contributed by atoms with Gasteiger partial charge in [-0.05, 0) is 43.8 Å². The lowest BCUT2D eigenvalue weighted by atomic mass is 10.2. The fourth-order valence-electron chi connectivity index (χ4n) is 3.36. The monoisotopic (exact) mass is 372 g/mol. The van der Waals surface area contributed by atoms with Crippen LogP contribution in [-0.4, -0.2) is 53.0 Å². The van der Waals surface area contributed by atoms with Crippen molar-refractivity contribution in [1.29, 1.82) is 0 Å². The highest BCUT2D eigenvalue weighted by Crippen LogP contribution is 2.29. The molecular weight excluding hydrogens is 347 g/mol. The van der Waals surface area contributed by atoms with Crippen LogP contribution in [0.5, 0.6) is 11.6 Å². The Kier molecular flexibility index (Phi) is 6.24. The molecule has 3 rings (SSSR count). The van der Waals surface area contributed by atoms with Gasteiger partial charge in [0.25, 0.3) is 0 Å². The number of rotatable bonds is 6. The standard InChI is InChI=1S/C20H25FN4O2/c1-3-24(4-2)15-11-13-25(14-15)20(26)23-17-9-7-12-22-19(17)27-18-10-6-5-8-16(18)21/h5-10,12,15H,3-4,11,13-14H2,1-2H3,(H,23,26)/t15-/m1/s1. The molecule has 1 aromatic heterocycles. The van der Waals surface area contributed by atoms with Crippen LogP contribution >= 0.6 is 0 Å². The summed E-state index contributed by atoms with van der Waals surface area (Å²) in [4.78, 5) is 21.0. The lowest BCUT2D eigenvalue weighted by molar-refractivity contribution is 0.202. The van der Waals surface area contributed by atoms with Gasteiger partial charge in [0.05, 0.1) is 0 Å². The zero-order valence-corrected chi connectivity index (χ0v) is 15.7. The van der Waals surface area contributed by atoms with E-state index < -0.39 is 5.82 Å². The second-order valence-corrected chi connectivity index (χ2v) is 6.43. The van der Waals surface area contributed by atoms with E-state index in [2.05, 4.69) is 29.0 Å². The molecule has 0 aliphatic carbocycles. The van der Waals surface area contributed by atoms with E-state index in [4.69, 9.17) is 4.74 Å². The minimum atomic E-state index is -0.484. The Morgan fingerprint density at radius 2 is 2.07 bits per heavy atom. The van der Waals surface area contributed by atoms with E-state index in [1.807, 2.05) is 0 Å². The molecule has 2 amide bonds. The van der Waals surface area contributed by atoms with E-state index in [0.717, 1.165) is 19.5 Å². The zero-order valence-electron chi connectivity index (χ0n) is 15.7. The third kappa shape index (κ3) is 4.54. The van der Waals surface area contributed by atoms with E-state index in [0.29, 0.717) is 24.8 Å². The number of pyridine rings is 1. The molecule has 1 atom stereocenters. The molecule has 1 saturated heterocycles. The van der Waals surface area contributed by atoms with Crippen LogP contribution in [-0.2, 0) is 0 Å². The number of ether oxygens (including phenoxy) is 1. The van der Waals surface area contributed by atoms with Crippen LogP contribution in [0.1, 0.15) is 20.3 Å². The summed E-state index contributed by atoms with van der Waals surface area (Å²) < 4.78 is 19.4. The minimum Gasteiger partial charge on any atom is -0.434 e. The molecule has 7 heteroatoms. The van der Waals surface area contributed by atoms with Crippen molar-refractivity contribution < 1.29 is 13.9 Å². The number of amides is 2. The number of nitrogens with zero attached hydrogens (tertiary/aromatic N) is 3. The maximum Gasteiger partial charge on any atom is 0.322 e. The first-order valence-electron chi connectivity index (χ1n) is 9.29. The fraction of sp³-hybridized carbons (Fsp3) is 0.400. The molecule has 2 heterocycles. The molecule has 1 N–H and O–H groups in total. The van der Waals surface area contributed by atoms with Crippen molar-refractivity contribution >= 4 is 11.7 Å². The Morgan fingerprint density at radius 3 is 2.81 bits per heavy atom.